The van der Waals surface area contributed by atoms with Crippen molar-refractivity contribution in [1.82, 2.24) is 20.3 Å². The lowest BCUT2D eigenvalue weighted by Crippen LogP contribution is -2.50. The fraction of sp³-hybridized carbons (Fsp3) is 0.714. The molecule has 0 spiro atoms. The van der Waals surface area contributed by atoms with Gasteiger partial charge in [0.1, 0.15) is 11.9 Å². The van der Waals surface area contributed by atoms with Crippen LogP contribution in [0.3, 0.4) is 0 Å². The molecule has 2 rings (SSSR count). The van der Waals surface area contributed by atoms with E-state index in [0.717, 1.165) is 22.4 Å². The quantitative estimate of drug-likeness (QED) is 0.582. The van der Waals surface area contributed by atoms with Crippen LogP contribution in [0, 0.1) is 9.62 Å². The van der Waals surface area contributed by atoms with Crippen molar-refractivity contribution in [3.63, 3.8) is 0 Å². The molecule has 0 aliphatic carbocycles. The summed E-state index contributed by atoms with van der Waals surface area (Å²) in [6.45, 7) is 6.12. The molecule has 0 aromatic carbocycles. The Morgan fingerprint density at radius 2 is 2.29 bits per heavy atom. The van der Waals surface area contributed by atoms with Gasteiger partial charge in [-0.3, -0.25) is 4.79 Å². The number of rotatable bonds is 5. The average molecular weight is 406 g/mol. The number of imidazole rings is 1. The van der Waals surface area contributed by atoms with Gasteiger partial charge in [0, 0.05) is 6.04 Å². The number of carbonyl (C=O) groups is 1. The highest BCUT2D eigenvalue weighted by atomic mass is 127. The average Bonchev–Trinajstić information content (AvgIpc) is 3.01. The first-order chi connectivity index (χ1) is 9.95. The molecule has 6 nitrogen and oxygen atoms in total. The zero-order chi connectivity index (χ0) is 15.6. The van der Waals surface area contributed by atoms with Crippen molar-refractivity contribution in [2.45, 2.75) is 51.7 Å². The lowest BCUT2D eigenvalue weighted by Gasteiger charge is -2.32. The maximum Gasteiger partial charge on any atom is 0.243 e. The lowest BCUT2D eigenvalue weighted by atomic mass is 10.0. The maximum atomic E-state index is 12.9. The van der Waals surface area contributed by atoms with Crippen molar-refractivity contribution in [2.75, 3.05) is 7.11 Å². The molecule has 7 heteroatoms. The highest BCUT2D eigenvalue weighted by Gasteiger charge is 2.40. The zero-order valence-electron chi connectivity index (χ0n) is 12.9. The second kappa shape index (κ2) is 7.06. The van der Waals surface area contributed by atoms with E-state index in [0.29, 0.717) is 0 Å². The van der Waals surface area contributed by atoms with E-state index in [1.165, 1.54) is 0 Å². The summed E-state index contributed by atoms with van der Waals surface area (Å²) in [6.07, 6.45) is 3.73. The fourth-order valence-electron chi connectivity index (χ4n) is 2.87. The predicted molar refractivity (Wildman–Crippen MR) is 88.4 cm³/mol. The molecule has 118 valence electrons. The monoisotopic (exact) mass is 406 g/mol. The van der Waals surface area contributed by atoms with Gasteiger partial charge < -0.3 is 14.7 Å². The number of H-pyrrole nitrogens is 1. The van der Waals surface area contributed by atoms with Crippen LogP contribution in [0.15, 0.2) is 6.20 Å². The van der Waals surface area contributed by atoms with Crippen LogP contribution in [-0.2, 0) is 9.63 Å². The smallest absolute Gasteiger partial charge is 0.243 e. The minimum Gasteiger partial charge on any atom is -0.336 e. The van der Waals surface area contributed by atoms with E-state index in [4.69, 9.17) is 4.84 Å². The van der Waals surface area contributed by atoms with Gasteiger partial charge in [-0.2, -0.15) is 5.48 Å². The van der Waals surface area contributed by atoms with Gasteiger partial charge in [-0.15, -0.1) is 0 Å². The molecule has 1 aliphatic rings. The minimum atomic E-state index is -0.341. The molecule has 21 heavy (non-hydrogen) atoms. The Hall–Kier alpha value is -0.670. The van der Waals surface area contributed by atoms with Crippen LogP contribution in [0.25, 0.3) is 0 Å². The number of nitrogens with zero attached hydrogens (tertiary/aromatic N) is 2. The van der Waals surface area contributed by atoms with Gasteiger partial charge in [0.05, 0.1) is 23.0 Å². The van der Waals surface area contributed by atoms with Gasteiger partial charge in [-0.1, -0.05) is 13.8 Å². The van der Waals surface area contributed by atoms with E-state index in [1.807, 2.05) is 18.7 Å². The number of hydrogen-bond acceptors (Lipinski definition) is 4. The molecule has 0 bridgehead atoms. The molecule has 3 atom stereocenters. The van der Waals surface area contributed by atoms with Crippen molar-refractivity contribution in [1.29, 1.82) is 0 Å². The van der Waals surface area contributed by atoms with E-state index in [-0.39, 0.29) is 30.0 Å². The van der Waals surface area contributed by atoms with Crippen LogP contribution >= 0.6 is 22.6 Å². The van der Waals surface area contributed by atoms with Crippen LogP contribution in [0.4, 0.5) is 0 Å². The summed E-state index contributed by atoms with van der Waals surface area (Å²) in [6, 6.07) is -0.104. The summed E-state index contributed by atoms with van der Waals surface area (Å²) >= 11 is 2.20. The highest BCUT2D eigenvalue weighted by molar-refractivity contribution is 14.1. The van der Waals surface area contributed by atoms with Gasteiger partial charge in [-0.25, -0.2) is 4.98 Å². The number of carbonyl (C=O) groups excluding carboxylic acids is 1. The summed E-state index contributed by atoms with van der Waals surface area (Å²) in [5.74, 6) is 1.10. The van der Waals surface area contributed by atoms with E-state index in [9.17, 15) is 4.79 Å². The molecule has 0 saturated carbocycles. The Bertz CT molecular complexity index is 491. The molecule has 1 fully saturated rings. The first kappa shape index (κ1) is 16.7. The summed E-state index contributed by atoms with van der Waals surface area (Å²) in [5, 5.41) is 0. The molecule has 2 N–H and O–H groups in total. The minimum absolute atomic E-state index is 0.0240. The predicted octanol–water partition coefficient (Wildman–Crippen LogP) is 2.24. The summed E-state index contributed by atoms with van der Waals surface area (Å²) in [5.41, 5.74) is 2.83. The number of aromatic nitrogens is 2. The Labute approximate surface area is 139 Å². The van der Waals surface area contributed by atoms with Crippen molar-refractivity contribution in [3.8, 4) is 0 Å². The molecular formula is C14H23IN4O2. The van der Waals surface area contributed by atoms with Crippen molar-refractivity contribution < 1.29 is 9.63 Å². The van der Waals surface area contributed by atoms with Crippen molar-refractivity contribution in [3.05, 3.63) is 15.7 Å². The SMILES string of the molecule is CON[C@H](C(=O)N1[C@@H](C)CC[C@H]1c1ncc(I)[nH]1)C(C)C. The van der Waals surface area contributed by atoms with Crippen LogP contribution in [0.2, 0.25) is 0 Å². The number of aromatic amines is 1. The standard InChI is InChI=1S/C14H23IN4O2/c1-8(2)12(18-21-4)14(20)19-9(3)5-6-10(19)13-16-7-11(15)17-13/h7-10,12,18H,5-6H2,1-4H3,(H,16,17)/t9-,10-,12-/m0/s1. The number of hydrogen-bond donors (Lipinski definition) is 2. The molecule has 0 radical (unpaired) electrons. The third-order valence-electron chi connectivity index (χ3n) is 3.98. The first-order valence-corrected chi connectivity index (χ1v) is 8.34. The number of hydroxylamine groups is 1. The van der Waals surface area contributed by atoms with Crippen molar-refractivity contribution >= 4 is 28.5 Å². The zero-order valence-corrected chi connectivity index (χ0v) is 15.0. The molecule has 2 heterocycles. The molecular weight excluding hydrogens is 383 g/mol. The number of likely N-dealkylation sites (tertiary alicyclic amines) is 1. The molecule has 0 unspecified atom stereocenters. The van der Waals surface area contributed by atoms with E-state index < -0.39 is 0 Å². The summed E-state index contributed by atoms with van der Waals surface area (Å²) in [4.78, 5) is 27.5. The number of amides is 1. The number of nitrogens with one attached hydrogen (secondary N) is 2. The van der Waals surface area contributed by atoms with Gasteiger partial charge in [0.15, 0.2) is 0 Å². The topological polar surface area (TPSA) is 70.2 Å². The van der Waals surface area contributed by atoms with Gasteiger partial charge in [-0.05, 0) is 48.3 Å². The van der Waals surface area contributed by atoms with Gasteiger partial charge in [0.25, 0.3) is 0 Å². The Morgan fingerprint density at radius 3 is 2.81 bits per heavy atom. The fourth-order valence-corrected chi connectivity index (χ4v) is 3.28. The highest BCUT2D eigenvalue weighted by Crippen LogP contribution is 2.35. The lowest BCUT2D eigenvalue weighted by molar-refractivity contribution is -0.141. The van der Waals surface area contributed by atoms with E-state index in [1.54, 1.807) is 13.3 Å². The molecule has 1 aromatic heterocycles. The number of halogens is 1. The van der Waals surface area contributed by atoms with Gasteiger partial charge in [0.2, 0.25) is 5.91 Å². The third kappa shape index (κ3) is 3.57. The largest absolute Gasteiger partial charge is 0.336 e. The Morgan fingerprint density at radius 1 is 1.57 bits per heavy atom. The second-order valence-electron chi connectivity index (χ2n) is 5.85. The van der Waals surface area contributed by atoms with E-state index in [2.05, 4.69) is 45.0 Å². The first-order valence-electron chi connectivity index (χ1n) is 7.26. The molecule has 1 aromatic rings. The third-order valence-corrected chi connectivity index (χ3v) is 4.53. The van der Waals surface area contributed by atoms with Crippen LogP contribution in [0.1, 0.15) is 45.5 Å². The van der Waals surface area contributed by atoms with Crippen molar-refractivity contribution in [2.24, 2.45) is 5.92 Å². The molecule has 1 aliphatic heterocycles. The van der Waals surface area contributed by atoms with Crippen LogP contribution in [0.5, 0.6) is 0 Å². The van der Waals surface area contributed by atoms with Crippen LogP contribution in [-0.4, -0.2) is 40.0 Å². The summed E-state index contributed by atoms with van der Waals surface area (Å²) in [7, 11) is 1.54. The molecule has 1 saturated heterocycles. The molecule has 1 amide bonds. The Kier molecular flexibility index (Phi) is 5.61. The summed E-state index contributed by atoms with van der Waals surface area (Å²) < 4.78 is 0.991. The van der Waals surface area contributed by atoms with Gasteiger partial charge >= 0.3 is 0 Å². The normalized spacial score (nSPS) is 23.8. The van der Waals surface area contributed by atoms with Crippen LogP contribution < -0.4 is 5.48 Å². The maximum absolute atomic E-state index is 12.9. The second-order valence-corrected chi connectivity index (χ2v) is 7.01. The van der Waals surface area contributed by atoms with E-state index >= 15 is 0 Å². The Balaban J connectivity index is 2.23.